The van der Waals surface area contributed by atoms with E-state index in [4.69, 9.17) is 25.9 Å². The molecule has 2 fully saturated rings. The van der Waals surface area contributed by atoms with Crippen LogP contribution in [0.1, 0.15) is 17.2 Å². The maximum atomic E-state index is 13.8. The van der Waals surface area contributed by atoms with Crippen molar-refractivity contribution in [2.24, 2.45) is 5.92 Å². The van der Waals surface area contributed by atoms with E-state index < -0.39 is 24.0 Å². The van der Waals surface area contributed by atoms with Gasteiger partial charge in [0.05, 0.1) is 31.6 Å². The number of carbonyl (C=O) groups is 2. The van der Waals surface area contributed by atoms with Gasteiger partial charge in [-0.15, -0.1) is 0 Å². The van der Waals surface area contributed by atoms with Gasteiger partial charge in [0.15, 0.2) is 6.10 Å². The minimum Gasteiger partial charge on any atom is -0.497 e. The first-order valence-corrected chi connectivity index (χ1v) is 11.2. The monoisotopic (exact) mass is 478 g/mol. The number of halogens is 1. The highest BCUT2D eigenvalue weighted by atomic mass is 35.5. The van der Waals surface area contributed by atoms with Crippen molar-refractivity contribution in [3.05, 3.63) is 82.9 Å². The third-order valence-corrected chi connectivity index (χ3v) is 6.77. The first kappa shape index (κ1) is 22.3. The van der Waals surface area contributed by atoms with E-state index >= 15 is 0 Å². The molecule has 2 aliphatic rings. The van der Waals surface area contributed by atoms with E-state index in [0.717, 1.165) is 5.69 Å². The van der Waals surface area contributed by atoms with Gasteiger partial charge in [0.2, 0.25) is 5.91 Å². The quantitative estimate of drug-likeness (QED) is 0.494. The first-order valence-electron chi connectivity index (χ1n) is 10.8. The van der Waals surface area contributed by atoms with Crippen molar-refractivity contribution < 1.29 is 23.9 Å². The topological polar surface area (TPSA) is 68.3 Å². The number of amides is 2. The molecule has 0 aliphatic carbocycles. The lowest BCUT2D eigenvalue weighted by Crippen LogP contribution is -2.37. The summed E-state index contributed by atoms with van der Waals surface area (Å²) >= 11 is 6.29. The van der Waals surface area contributed by atoms with Crippen LogP contribution in [0.5, 0.6) is 11.5 Å². The number of hydrogen-bond donors (Lipinski definition) is 0. The molecule has 0 bridgehead atoms. The summed E-state index contributed by atoms with van der Waals surface area (Å²) < 4.78 is 11.0. The molecule has 0 aromatic heterocycles. The number of rotatable bonds is 5. The predicted octanol–water partition coefficient (Wildman–Crippen LogP) is 4.72. The van der Waals surface area contributed by atoms with Gasteiger partial charge in [-0.05, 0) is 48.9 Å². The van der Waals surface area contributed by atoms with Gasteiger partial charge in [-0.25, -0.2) is 9.96 Å². The number of hydroxylamine groups is 1. The van der Waals surface area contributed by atoms with Crippen LogP contribution >= 0.6 is 11.6 Å². The molecule has 2 heterocycles. The van der Waals surface area contributed by atoms with Gasteiger partial charge in [-0.1, -0.05) is 35.9 Å². The lowest BCUT2D eigenvalue weighted by molar-refractivity contribution is -0.126. The van der Waals surface area contributed by atoms with E-state index in [9.17, 15) is 9.59 Å². The predicted molar refractivity (Wildman–Crippen MR) is 128 cm³/mol. The number of hydrogen-bond acceptors (Lipinski definition) is 6. The Hall–Kier alpha value is -3.55. The molecule has 5 rings (SSSR count). The first-order chi connectivity index (χ1) is 16.5. The summed E-state index contributed by atoms with van der Waals surface area (Å²) in [7, 11) is 3.13. The number of fused-ring (bicyclic) bond motifs is 1. The molecular weight excluding hydrogens is 456 g/mol. The van der Waals surface area contributed by atoms with Crippen molar-refractivity contribution in [1.29, 1.82) is 0 Å². The fraction of sp³-hybridized carbons (Fsp3) is 0.231. The Morgan fingerprint density at radius 2 is 1.68 bits per heavy atom. The lowest BCUT2D eigenvalue weighted by atomic mass is 9.90. The third kappa shape index (κ3) is 3.40. The van der Waals surface area contributed by atoms with Crippen LogP contribution in [0.3, 0.4) is 0 Å². The molecule has 2 amide bonds. The number of nitrogens with zero attached hydrogens (tertiary/aromatic N) is 2. The third-order valence-electron chi connectivity index (χ3n) is 6.37. The molecule has 3 aromatic rings. The summed E-state index contributed by atoms with van der Waals surface area (Å²) in [6, 6.07) is 19.4. The van der Waals surface area contributed by atoms with E-state index in [1.54, 1.807) is 56.5 Å². The second kappa shape index (κ2) is 8.66. The maximum Gasteiger partial charge on any atom is 0.266 e. The molecule has 174 valence electrons. The second-order valence-corrected chi connectivity index (χ2v) is 8.57. The number of carbonyl (C=O) groups excluding carboxylic acids is 2. The minimum atomic E-state index is -0.983. The Morgan fingerprint density at radius 3 is 2.38 bits per heavy atom. The minimum absolute atomic E-state index is 0.346. The van der Waals surface area contributed by atoms with Gasteiger partial charge in [-0.3, -0.25) is 14.4 Å². The highest BCUT2D eigenvalue weighted by Gasteiger charge is 2.61. The van der Waals surface area contributed by atoms with E-state index in [2.05, 4.69) is 0 Å². The Kier molecular flexibility index (Phi) is 5.67. The van der Waals surface area contributed by atoms with Crippen molar-refractivity contribution in [2.45, 2.75) is 19.1 Å². The van der Waals surface area contributed by atoms with Crippen LogP contribution in [0.2, 0.25) is 5.02 Å². The molecule has 0 radical (unpaired) electrons. The highest BCUT2D eigenvalue weighted by molar-refractivity contribution is 6.32. The van der Waals surface area contributed by atoms with Crippen molar-refractivity contribution in [3.63, 3.8) is 0 Å². The van der Waals surface area contributed by atoms with Crippen LogP contribution in [-0.2, 0) is 14.4 Å². The zero-order chi connectivity index (χ0) is 24.0. The van der Waals surface area contributed by atoms with Gasteiger partial charge < -0.3 is 9.47 Å². The molecule has 34 heavy (non-hydrogen) atoms. The van der Waals surface area contributed by atoms with Crippen LogP contribution in [0, 0.1) is 12.8 Å². The molecule has 0 unspecified atom stereocenters. The SMILES string of the molecule is COc1ccc([C@@H]2[C@@H]3C(=O)N(c4cccc(Cl)c4C)C(=O)[C@@H]3ON2c2ccccc2)c(OC)c1. The van der Waals surface area contributed by atoms with E-state index in [0.29, 0.717) is 33.3 Å². The molecule has 7 nitrogen and oxygen atoms in total. The highest BCUT2D eigenvalue weighted by Crippen LogP contribution is 2.50. The smallest absolute Gasteiger partial charge is 0.266 e. The Labute approximate surface area is 202 Å². The van der Waals surface area contributed by atoms with Gasteiger partial charge >= 0.3 is 0 Å². The van der Waals surface area contributed by atoms with Crippen LogP contribution in [0.25, 0.3) is 0 Å². The van der Waals surface area contributed by atoms with Crippen LogP contribution in [-0.4, -0.2) is 32.1 Å². The summed E-state index contributed by atoms with van der Waals surface area (Å²) in [5.41, 5.74) is 2.56. The van der Waals surface area contributed by atoms with E-state index in [1.807, 2.05) is 36.4 Å². The molecule has 0 N–H and O–H groups in total. The fourth-order valence-electron chi connectivity index (χ4n) is 4.67. The molecule has 0 spiro atoms. The molecule has 2 saturated heterocycles. The second-order valence-electron chi connectivity index (χ2n) is 8.16. The average Bonchev–Trinajstić information content (AvgIpc) is 3.37. The molecule has 3 aromatic carbocycles. The summed E-state index contributed by atoms with van der Waals surface area (Å²) in [6.07, 6.45) is -0.983. The molecule has 3 atom stereocenters. The van der Waals surface area contributed by atoms with Gasteiger partial charge in [0.1, 0.15) is 17.4 Å². The Bertz CT molecular complexity index is 1270. The van der Waals surface area contributed by atoms with Crippen molar-refractivity contribution >= 4 is 34.8 Å². The summed E-state index contributed by atoms with van der Waals surface area (Å²) in [4.78, 5) is 34.8. The van der Waals surface area contributed by atoms with Crippen LogP contribution < -0.4 is 19.4 Å². The van der Waals surface area contributed by atoms with Crippen LogP contribution in [0.4, 0.5) is 11.4 Å². The number of imide groups is 1. The average molecular weight is 479 g/mol. The van der Waals surface area contributed by atoms with Crippen molar-refractivity contribution in [2.75, 3.05) is 24.2 Å². The van der Waals surface area contributed by atoms with Crippen LogP contribution in [0.15, 0.2) is 66.7 Å². The number of benzene rings is 3. The normalized spacial score (nSPS) is 21.7. The molecule has 8 heteroatoms. The van der Waals surface area contributed by atoms with Gasteiger partial charge in [0.25, 0.3) is 5.91 Å². The standard InChI is InChI=1S/C26H23ClN2O5/c1-15-19(27)10-7-11-20(15)28-25(30)22-23(18-13-12-17(32-2)14-21(18)33-3)29(34-24(22)26(28)31)16-8-5-4-6-9-16/h4-14,22-24H,1-3H3/t22-,23+,24+/m0/s1. The van der Waals surface area contributed by atoms with Gasteiger partial charge in [-0.2, -0.15) is 0 Å². The van der Waals surface area contributed by atoms with Crippen molar-refractivity contribution in [3.8, 4) is 11.5 Å². The molecular formula is C26H23ClN2O5. The van der Waals surface area contributed by atoms with Gasteiger partial charge in [0, 0.05) is 16.7 Å². The number of anilines is 2. The number of methoxy groups -OCH3 is 2. The lowest BCUT2D eigenvalue weighted by Gasteiger charge is -2.30. The fourth-order valence-corrected chi connectivity index (χ4v) is 4.84. The molecule has 2 aliphatic heterocycles. The Morgan fingerprint density at radius 1 is 0.912 bits per heavy atom. The summed E-state index contributed by atoms with van der Waals surface area (Å²) in [6.45, 7) is 1.79. The van der Waals surface area contributed by atoms with E-state index in [1.165, 1.54) is 4.90 Å². The summed E-state index contributed by atoms with van der Waals surface area (Å²) in [5, 5.41) is 2.12. The Balaban J connectivity index is 1.64. The zero-order valence-electron chi connectivity index (χ0n) is 18.9. The molecule has 0 saturated carbocycles. The number of ether oxygens (including phenoxy) is 2. The number of para-hydroxylation sites is 1. The zero-order valence-corrected chi connectivity index (χ0v) is 19.7. The van der Waals surface area contributed by atoms with Crippen molar-refractivity contribution in [1.82, 2.24) is 0 Å². The maximum absolute atomic E-state index is 13.8. The largest absolute Gasteiger partial charge is 0.497 e. The summed E-state index contributed by atoms with van der Waals surface area (Å²) in [5.74, 6) is -0.397. The van der Waals surface area contributed by atoms with E-state index in [-0.39, 0.29) is 5.91 Å².